The molecule has 0 aliphatic heterocycles. The molecule has 0 aliphatic carbocycles. The summed E-state index contributed by atoms with van der Waals surface area (Å²) in [5, 5.41) is 19.9. The third-order valence-corrected chi connectivity index (χ3v) is 3.15. The maximum Gasteiger partial charge on any atom is 0.326 e. The summed E-state index contributed by atoms with van der Waals surface area (Å²) in [5.41, 5.74) is -0.315. The molecule has 0 saturated carbocycles. The highest BCUT2D eigenvalue weighted by Gasteiger charge is 2.18. The molecule has 0 fully saturated rings. The summed E-state index contributed by atoms with van der Waals surface area (Å²) in [6.07, 6.45) is -1.70. The average Bonchev–Trinajstić information content (AvgIpc) is 2.37. The number of aromatic amines is 2. The minimum absolute atomic E-state index is 0.259. The Bertz CT molecular complexity index is 694. The quantitative estimate of drug-likeness (QED) is 0.506. The summed E-state index contributed by atoms with van der Waals surface area (Å²) in [4.78, 5) is 27.3. The molecule has 0 spiro atoms. The Morgan fingerprint density at radius 2 is 1.95 bits per heavy atom. The largest absolute Gasteiger partial charge is 0.390 e. The highest BCUT2D eigenvalue weighted by atomic mass is 32.1. The fraction of sp³-hybridized carbons (Fsp3) is 0.333. The van der Waals surface area contributed by atoms with Gasteiger partial charge in [0.1, 0.15) is 6.10 Å². The third-order valence-electron chi connectivity index (χ3n) is 2.89. The molecule has 1 aromatic carbocycles. The van der Waals surface area contributed by atoms with E-state index in [1.807, 2.05) is 0 Å². The first kappa shape index (κ1) is 13.9. The van der Waals surface area contributed by atoms with Crippen molar-refractivity contribution in [2.45, 2.75) is 18.6 Å². The van der Waals surface area contributed by atoms with Gasteiger partial charge in [-0.15, -0.1) is 0 Å². The van der Waals surface area contributed by atoms with Crippen LogP contribution in [0.4, 0.5) is 0 Å². The number of thiol groups is 1. The third kappa shape index (κ3) is 2.89. The first-order chi connectivity index (χ1) is 9.02. The van der Waals surface area contributed by atoms with E-state index in [0.717, 1.165) is 0 Å². The van der Waals surface area contributed by atoms with Crippen LogP contribution in [-0.4, -0.2) is 32.0 Å². The van der Waals surface area contributed by atoms with Crippen LogP contribution < -0.4 is 11.2 Å². The average molecular weight is 282 g/mol. The van der Waals surface area contributed by atoms with Crippen LogP contribution in [-0.2, 0) is 0 Å². The van der Waals surface area contributed by atoms with Gasteiger partial charge in [-0.25, -0.2) is 4.79 Å². The van der Waals surface area contributed by atoms with E-state index in [1.165, 1.54) is 12.1 Å². The SMILES string of the molecule is O=c1[nH]c(=O)c2cc(C(O)C(O)CCS)ccc2[nH]1. The van der Waals surface area contributed by atoms with Crippen LogP contribution in [0.1, 0.15) is 18.1 Å². The predicted octanol–water partition coefficient (Wildman–Crippen LogP) is -0.0694. The molecular weight excluding hydrogens is 268 g/mol. The van der Waals surface area contributed by atoms with Crippen LogP contribution in [0.25, 0.3) is 10.9 Å². The molecule has 7 heteroatoms. The van der Waals surface area contributed by atoms with E-state index in [9.17, 15) is 19.8 Å². The molecule has 2 atom stereocenters. The zero-order valence-electron chi connectivity index (χ0n) is 9.96. The standard InChI is InChI=1S/C12H14N2O4S/c15-9(3-4-19)10(16)6-1-2-8-7(5-6)11(17)14-12(18)13-8/h1-2,5,9-10,15-16,19H,3-4H2,(H2,13,14,17,18). The number of aliphatic hydroxyl groups excluding tert-OH is 2. The number of rotatable bonds is 4. The van der Waals surface area contributed by atoms with Crippen molar-refractivity contribution in [3.8, 4) is 0 Å². The highest BCUT2D eigenvalue weighted by molar-refractivity contribution is 7.80. The number of hydrogen-bond acceptors (Lipinski definition) is 5. The van der Waals surface area contributed by atoms with Crippen LogP contribution >= 0.6 is 12.6 Å². The number of benzene rings is 1. The van der Waals surface area contributed by atoms with Crippen LogP contribution in [0.2, 0.25) is 0 Å². The van der Waals surface area contributed by atoms with E-state index in [1.54, 1.807) is 6.07 Å². The van der Waals surface area contributed by atoms with Gasteiger partial charge in [-0.2, -0.15) is 12.6 Å². The molecular formula is C12H14N2O4S. The molecule has 102 valence electrons. The lowest BCUT2D eigenvalue weighted by atomic mass is 10.0. The highest BCUT2D eigenvalue weighted by Crippen LogP contribution is 2.21. The predicted molar refractivity (Wildman–Crippen MR) is 74.6 cm³/mol. The number of H-pyrrole nitrogens is 2. The Labute approximate surface area is 113 Å². The lowest BCUT2D eigenvalue weighted by molar-refractivity contribution is 0.0173. The number of aliphatic hydroxyl groups is 2. The molecule has 0 bridgehead atoms. The van der Waals surface area contributed by atoms with Crippen LogP contribution in [0.3, 0.4) is 0 Å². The minimum atomic E-state index is -1.09. The van der Waals surface area contributed by atoms with Gasteiger partial charge in [0.05, 0.1) is 17.0 Å². The van der Waals surface area contributed by atoms with Gasteiger partial charge in [0, 0.05) is 0 Å². The summed E-state index contributed by atoms with van der Waals surface area (Å²) < 4.78 is 0. The number of fused-ring (bicyclic) bond motifs is 1. The zero-order valence-corrected chi connectivity index (χ0v) is 10.9. The number of nitrogens with one attached hydrogen (secondary N) is 2. The topological polar surface area (TPSA) is 106 Å². The molecule has 2 rings (SSSR count). The molecule has 0 saturated heterocycles. The zero-order chi connectivity index (χ0) is 14.0. The Hall–Kier alpha value is -1.57. The van der Waals surface area contributed by atoms with Gasteiger partial charge in [0.25, 0.3) is 5.56 Å². The minimum Gasteiger partial charge on any atom is -0.390 e. The molecule has 2 unspecified atom stereocenters. The summed E-state index contributed by atoms with van der Waals surface area (Å²) >= 11 is 3.99. The molecule has 4 N–H and O–H groups in total. The second-order valence-corrected chi connectivity index (χ2v) is 4.68. The monoisotopic (exact) mass is 282 g/mol. The van der Waals surface area contributed by atoms with Crippen molar-refractivity contribution in [2.24, 2.45) is 0 Å². The Balaban J connectivity index is 2.47. The second kappa shape index (κ2) is 5.60. The van der Waals surface area contributed by atoms with Crippen molar-refractivity contribution >= 4 is 23.5 Å². The fourth-order valence-electron chi connectivity index (χ4n) is 1.88. The summed E-state index contributed by atoms with van der Waals surface area (Å²) in [6.45, 7) is 0. The summed E-state index contributed by atoms with van der Waals surface area (Å²) in [6, 6.07) is 4.54. The lowest BCUT2D eigenvalue weighted by Gasteiger charge is -2.17. The van der Waals surface area contributed by atoms with Crippen molar-refractivity contribution in [3.63, 3.8) is 0 Å². The smallest absolute Gasteiger partial charge is 0.326 e. The molecule has 1 aromatic heterocycles. The fourth-order valence-corrected chi connectivity index (χ4v) is 2.14. The normalized spacial score (nSPS) is 14.5. The Kier molecular flexibility index (Phi) is 4.08. The van der Waals surface area contributed by atoms with E-state index in [4.69, 9.17) is 0 Å². The van der Waals surface area contributed by atoms with Crippen molar-refractivity contribution in [1.82, 2.24) is 9.97 Å². The van der Waals surface area contributed by atoms with E-state index in [-0.39, 0.29) is 5.39 Å². The maximum absolute atomic E-state index is 11.6. The number of aromatic nitrogens is 2. The van der Waals surface area contributed by atoms with Crippen LogP contribution in [0, 0.1) is 0 Å². The van der Waals surface area contributed by atoms with Crippen molar-refractivity contribution < 1.29 is 10.2 Å². The van der Waals surface area contributed by atoms with Gasteiger partial charge in [-0.3, -0.25) is 9.78 Å². The first-order valence-corrected chi connectivity index (χ1v) is 6.39. The van der Waals surface area contributed by atoms with Crippen LogP contribution in [0.5, 0.6) is 0 Å². The van der Waals surface area contributed by atoms with Gasteiger partial charge < -0.3 is 15.2 Å². The van der Waals surface area contributed by atoms with Gasteiger partial charge >= 0.3 is 5.69 Å². The van der Waals surface area contributed by atoms with E-state index in [2.05, 4.69) is 22.6 Å². The molecule has 19 heavy (non-hydrogen) atoms. The van der Waals surface area contributed by atoms with E-state index in [0.29, 0.717) is 23.3 Å². The number of hydrogen-bond donors (Lipinski definition) is 5. The molecule has 1 heterocycles. The summed E-state index contributed by atoms with van der Waals surface area (Å²) in [5.74, 6) is 0.444. The van der Waals surface area contributed by atoms with Gasteiger partial charge in [0.15, 0.2) is 0 Å². The molecule has 2 aromatic rings. The van der Waals surface area contributed by atoms with Gasteiger partial charge in [-0.05, 0) is 29.9 Å². The lowest BCUT2D eigenvalue weighted by Crippen LogP contribution is -2.23. The molecule has 0 radical (unpaired) electrons. The Morgan fingerprint density at radius 3 is 2.63 bits per heavy atom. The van der Waals surface area contributed by atoms with Gasteiger partial charge in [-0.1, -0.05) is 6.07 Å². The first-order valence-electron chi connectivity index (χ1n) is 5.76. The maximum atomic E-state index is 11.6. The van der Waals surface area contributed by atoms with Crippen LogP contribution in [0.15, 0.2) is 27.8 Å². The van der Waals surface area contributed by atoms with Crippen molar-refractivity contribution in [2.75, 3.05) is 5.75 Å². The second-order valence-electron chi connectivity index (χ2n) is 4.24. The van der Waals surface area contributed by atoms with Crippen molar-refractivity contribution in [1.29, 1.82) is 0 Å². The molecule has 6 nitrogen and oxygen atoms in total. The molecule has 0 aliphatic rings. The van der Waals surface area contributed by atoms with Crippen molar-refractivity contribution in [3.05, 3.63) is 44.6 Å². The van der Waals surface area contributed by atoms with Gasteiger partial charge in [0.2, 0.25) is 0 Å². The van der Waals surface area contributed by atoms with E-state index < -0.39 is 23.5 Å². The molecule has 0 amide bonds. The summed E-state index contributed by atoms with van der Waals surface area (Å²) in [7, 11) is 0. The van der Waals surface area contributed by atoms with E-state index >= 15 is 0 Å². The Morgan fingerprint density at radius 1 is 1.21 bits per heavy atom.